The SMILES string of the molecule is C#Cc1cnc(NCCC2C(=O)Nc3cc(F)ccc32)nc1N[C@H]1CCC[C@H](O)C1(C)C. The first kappa shape index (κ1) is 22.0. The first-order valence-electron chi connectivity index (χ1n) is 10.9. The molecule has 4 N–H and O–H groups in total. The van der Waals surface area contributed by atoms with Crippen LogP contribution in [0.1, 0.15) is 56.6 Å². The normalized spacial score (nSPS) is 23.7. The van der Waals surface area contributed by atoms with E-state index in [1.807, 2.05) is 13.8 Å². The van der Waals surface area contributed by atoms with Crippen molar-refractivity contribution in [2.75, 3.05) is 22.5 Å². The minimum Gasteiger partial charge on any atom is -0.392 e. The number of carbonyl (C=O) groups is 1. The topological polar surface area (TPSA) is 99.2 Å². The van der Waals surface area contributed by atoms with Crippen molar-refractivity contribution in [3.05, 3.63) is 41.3 Å². The molecule has 1 aromatic carbocycles. The Morgan fingerprint density at radius 3 is 2.97 bits per heavy atom. The van der Waals surface area contributed by atoms with Gasteiger partial charge in [-0.05, 0) is 43.4 Å². The van der Waals surface area contributed by atoms with Gasteiger partial charge < -0.3 is 21.1 Å². The Morgan fingerprint density at radius 1 is 1.38 bits per heavy atom. The maximum Gasteiger partial charge on any atom is 0.232 e. The minimum atomic E-state index is -0.392. The second kappa shape index (κ2) is 8.75. The molecule has 2 heterocycles. The van der Waals surface area contributed by atoms with Gasteiger partial charge in [-0.1, -0.05) is 25.8 Å². The maximum absolute atomic E-state index is 13.4. The number of amides is 1. The Balaban J connectivity index is 1.43. The molecule has 0 saturated heterocycles. The standard InChI is InChI=1S/C24H28FN5O2/c1-4-14-13-27-23(30-21(14)29-19-6-5-7-20(31)24(19,2)3)26-11-10-17-16-9-8-15(25)12-18(16)28-22(17)32/h1,8-9,12-13,17,19-20,31H,5-7,10-11H2,2-3H3,(H,28,32)(H2,26,27,29,30)/t17?,19-,20-/m0/s1. The van der Waals surface area contributed by atoms with Crippen LogP contribution in [0.25, 0.3) is 0 Å². The van der Waals surface area contributed by atoms with E-state index in [9.17, 15) is 14.3 Å². The molecule has 2 aromatic rings. The van der Waals surface area contributed by atoms with E-state index in [1.54, 1.807) is 12.3 Å². The average Bonchev–Trinajstić information content (AvgIpc) is 3.06. The number of halogens is 1. The predicted molar refractivity (Wildman–Crippen MR) is 122 cm³/mol. The number of anilines is 3. The van der Waals surface area contributed by atoms with Gasteiger partial charge in [0.05, 0.1) is 23.8 Å². The van der Waals surface area contributed by atoms with Crippen LogP contribution in [-0.2, 0) is 4.79 Å². The highest BCUT2D eigenvalue weighted by molar-refractivity contribution is 6.02. The number of nitrogens with zero attached hydrogens (tertiary/aromatic N) is 2. The first-order chi connectivity index (χ1) is 15.3. The summed E-state index contributed by atoms with van der Waals surface area (Å²) in [7, 11) is 0. The van der Waals surface area contributed by atoms with Gasteiger partial charge in [0.25, 0.3) is 0 Å². The van der Waals surface area contributed by atoms with Gasteiger partial charge in [0.15, 0.2) is 0 Å². The van der Waals surface area contributed by atoms with E-state index in [-0.39, 0.29) is 29.1 Å². The van der Waals surface area contributed by atoms with Gasteiger partial charge in [0.2, 0.25) is 11.9 Å². The van der Waals surface area contributed by atoms with Crippen LogP contribution in [0.3, 0.4) is 0 Å². The van der Waals surface area contributed by atoms with Gasteiger partial charge in [-0.3, -0.25) is 4.79 Å². The summed E-state index contributed by atoms with van der Waals surface area (Å²) in [6, 6.07) is 4.38. The molecule has 0 bridgehead atoms. The minimum absolute atomic E-state index is 0.0279. The molecule has 1 amide bonds. The summed E-state index contributed by atoms with van der Waals surface area (Å²) in [5.74, 6) is 2.69. The number of benzene rings is 1. The van der Waals surface area contributed by atoms with Crippen LogP contribution in [-0.4, -0.2) is 39.7 Å². The molecule has 1 aliphatic heterocycles. The molecule has 8 heteroatoms. The first-order valence-corrected chi connectivity index (χ1v) is 10.9. The molecule has 3 atom stereocenters. The second-order valence-electron chi connectivity index (χ2n) is 9.05. The molecule has 0 spiro atoms. The number of fused-ring (bicyclic) bond motifs is 1. The number of nitrogens with one attached hydrogen (secondary N) is 3. The molecule has 1 aromatic heterocycles. The number of aliphatic hydroxyl groups excluding tert-OH is 1. The number of hydrogen-bond acceptors (Lipinski definition) is 6. The lowest BCUT2D eigenvalue weighted by Gasteiger charge is -2.43. The van der Waals surface area contributed by atoms with Crippen LogP contribution in [0.5, 0.6) is 0 Å². The average molecular weight is 438 g/mol. The van der Waals surface area contributed by atoms with Crippen LogP contribution in [0.4, 0.5) is 21.8 Å². The van der Waals surface area contributed by atoms with Gasteiger partial charge in [-0.15, -0.1) is 6.42 Å². The zero-order valence-electron chi connectivity index (χ0n) is 18.3. The van der Waals surface area contributed by atoms with Crippen molar-refractivity contribution in [3.8, 4) is 12.3 Å². The molecule has 1 unspecified atom stereocenters. The molecule has 168 valence electrons. The van der Waals surface area contributed by atoms with Crippen LogP contribution in [0.15, 0.2) is 24.4 Å². The van der Waals surface area contributed by atoms with Crippen molar-refractivity contribution >= 4 is 23.4 Å². The van der Waals surface area contributed by atoms with E-state index in [0.29, 0.717) is 36.0 Å². The number of carbonyl (C=O) groups excluding carboxylic acids is 1. The highest BCUT2D eigenvalue weighted by Gasteiger charge is 2.39. The van der Waals surface area contributed by atoms with Gasteiger partial charge >= 0.3 is 0 Å². The molecular formula is C24H28FN5O2. The summed E-state index contributed by atoms with van der Waals surface area (Å²) < 4.78 is 13.4. The van der Waals surface area contributed by atoms with Crippen LogP contribution >= 0.6 is 0 Å². The predicted octanol–water partition coefficient (Wildman–Crippen LogP) is 3.49. The Morgan fingerprint density at radius 2 is 2.19 bits per heavy atom. The van der Waals surface area contributed by atoms with Crippen LogP contribution in [0, 0.1) is 23.6 Å². The number of hydrogen-bond donors (Lipinski definition) is 4. The van der Waals surface area contributed by atoms with Gasteiger partial charge in [-0.2, -0.15) is 4.98 Å². The second-order valence-corrected chi connectivity index (χ2v) is 9.05. The smallest absolute Gasteiger partial charge is 0.232 e. The lowest BCUT2D eigenvalue weighted by atomic mass is 9.71. The number of rotatable bonds is 6. The highest BCUT2D eigenvalue weighted by atomic mass is 19.1. The van der Waals surface area contributed by atoms with Crippen molar-refractivity contribution < 1.29 is 14.3 Å². The fourth-order valence-electron chi connectivity index (χ4n) is 4.51. The van der Waals surface area contributed by atoms with E-state index in [4.69, 9.17) is 6.42 Å². The third kappa shape index (κ3) is 4.26. The summed E-state index contributed by atoms with van der Waals surface area (Å²) in [4.78, 5) is 21.1. The quantitative estimate of drug-likeness (QED) is 0.517. The Bertz CT molecular complexity index is 1060. The van der Waals surface area contributed by atoms with Crippen molar-refractivity contribution in [1.29, 1.82) is 0 Å². The molecule has 4 rings (SSSR count). The van der Waals surface area contributed by atoms with E-state index in [2.05, 4.69) is 31.8 Å². The number of aliphatic hydroxyl groups is 1. The molecule has 0 radical (unpaired) electrons. The molecule has 1 fully saturated rings. The fraction of sp³-hybridized carbons (Fsp3) is 0.458. The largest absolute Gasteiger partial charge is 0.392 e. The van der Waals surface area contributed by atoms with Crippen LogP contribution < -0.4 is 16.0 Å². The Kier molecular flexibility index (Phi) is 6.02. The van der Waals surface area contributed by atoms with E-state index >= 15 is 0 Å². The Hall–Kier alpha value is -3.18. The highest BCUT2D eigenvalue weighted by Crippen LogP contribution is 2.38. The fourth-order valence-corrected chi connectivity index (χ4v) is 4.51. The van der Waals surface area contributed by atoms with Crippen molar-refractivity contribution in [3.63, 3.8) is 0 Å². The molecule has 2 aliphatic rings. The van der Waals surface area contributed by atoms with Gasteiger partial charge in [0, 0.05) is 23.7 Å². The van der Waals surface area contributed by atoms with Crippen molar-refractivity contribution in [2.45, 2.75) is 57.6 Å². The van der Waals surface area contributed by atoms with Crippen molar-refractivity contribution in [1.82, 2.24) is 9.97 Å². The van der Waals surface area contributed by atoms with Crippen molar-refractivity contribution in [2.24, 2.45) is 5.41 Å². The lowest BCUT2D eigenvalue weighted by Crippen LogP contribution is -2.48. The lowest BCUT2D eigenvalue weighted by molar-refractivity contribution is -0.117. The van der Waals surface area contributed by atoms with E-state index < -0.39 is 6.10 Å². The number of terminal acetylenes is 1. The molecular weight excluding hydrogens is 409 g/mol. The monoisotopic (exact) mass is 437 g/mol. The third-order valence-electron chi connectivity index (χ3n) is 6.66. The van der Waals surface area contributed by atoms with Gasteiger partial charge in [0.1, 0.15) is 11.6 Å². The molecule has 7 nitrogen and oxygen atoms in total. The summed E-state index contributed by atoms with van der Waals surface area (Å²) in [6.07, 6.45) is 9.98. The molecule has 32 heavy (non-hydrogen) atoms. The van der Waals surface area contributed by atoms with E-state index in [1.165, 1.54) is 12.1 Å². The Labute approximate surface area is 187 Å². The van der Waals surface area contributed by atoms with Crippen LogP contribution in [0.2, 0.25) is 0 Å². The zero-order chi connectivity index (χ0) is 22.9. The maximum atomic E-state index is 13.4. The summed E-state index contributed by atoms with van der Waals surface area (Å²) in [5, 5.41) is 19.7. The summed E-state index contributed by atoms with van der Waals surface area (Å²) in [5.41, 5.74) is 1.56. The molecule has 1 aliphatic carbocycles. The van der Waals surface area contributed by atoms with E-state index in [0.717, 1.165) is 24.8 Å². The zero-order valence-corrected chi connectivity index (χ0v) is 18.3. The summed E-state index contributed by atoms with van der Waals surface area (Å²) >= 11 is 0. The van der Waals surface area contributed by atoms with Gasteiger partial charge in [-0.25, -0.2) is 9.37 Å². The third-order valence-corrected chi connectivity index (χ3v) is 6.66. The summed E-state index contributed by atoms with van der Waals surface area (Å²) in [6.45, 7) is 4.54. The molecule has 1 saturated carbocycles. The number of aromatic nitrogens is 2.